The number of likely N-dealkylation sites (N-methyl/N-ethyl adjacent to an activating group) is 1. The number of Topliss-reactive ketones (excluding diaryl/α,β-unsaturated/α-hetero) is 2. The van der Waals surface area contributed by atoms with E-state index >= 15 is 4.39 Å². The highest BCUT2D eigenvalue weighted by molar-refractivity contribution is 6.25. The fraction of sp³-hybridized carbons (Fsp3) is 0.391. The van der Waals surface area contributed by atoms with Crippen LogP contribution in [0.15, 0.2) is 28.7 Å². The average Bonchev–Trinajstić information content (AvgIpc) is 2.77. The van der Waals surface area contributed by atoms with Gasteiger partial charge in [-0.1, -0.05) is 0 Å². The van der Waals surface area contributed by atoms with Gasteiger partial charge in [0.1, 0.15) is 22.9 Å². The van der Waals surface area contributed by atoms with Crippen LogP contribution in [0.2, 0.25) is 0 Å². The number of aromatic hydroxyl groups is 1. The Bertz CT molecular complexity index is 1300. The second kappa shape index (κ2) is 8.40. The maximum atomic E-state index is 15.1. The summed E-state index contributed by atoms with van der Waals surface area (Å²) in [5.41, 5.74) is 5.68. The number of carbonyl (C=O) groups is 4. The van der Waals surface area contributed by atoms with Crippen LogP contribution in [-0.2, 0) is 20.8 Å². The number of rotatable bonds is 4. The van der Waals surface area contributed by atoms with Crippen molar-refractivity contribution in [3.05, 3.63) is 45.7 Å². The first-order chi connectivity index (χ1) is 16.7. The number of benzene rings is 1. The molecular weight excluding hydrogens is 479 g/mol. The first-order valence-corrected chi connectivity index (χ1v) is 10.9. The van der Waals surface area contributed by atoms with Gasteiger partial charge in [-0.2, -0.15) is 0 Å². The molecule has 0 aliphatic heterocycles. The van der Waals surface area contributed by atoms with E-state index in [0.29, 0.717) is 0 Å². The largest absolute Gasteiger partial charge is 0.510 e. The summed E-state index contributed by atoms with van der Waals surface area (Å²) in [7, 11) is 3.23. The van der Waals surface area contributed by atoms with E-state index in [1.165, 1.54) is 4.90 Å². The molecule has 0 spiro atoms. The average molecular weight is 504 g/mol. The number of nitrogens with one attached hydrogen (secondary N) is 1. The third kappa shape index (κ3) is 3.46. The molecule has 4 atom stereocenters. The van der Waals surface area contributed by atoms with Gasteiger partial charge in [-0.3, -0.25) is 19.2 Å². The molecule has 13 heteroatoms. The first-order valence-electron chi connectivity index (χ1n) is 10.9. The van der Waals surface area contributed by atoms with Crippen molar-refractivity contribution in [3.8, 4) is 5.75 Å². The Balaban J connectivity index is 1.85. The number of halogens is 1. The molecule has 36 heavy (non-hydrogen) atoms. The van der Waals surface area contributed by atoms with E-state index in [0.717, 1.165) is 6.07 Å². The smallest absolute Gasteiger partial charge is 0.255 e. The quantitative estimate of drug-likeness (QED) is 0.199. The highest BCUT2D eigenvalue weighted by atomic mass is 19.1. The summed E-state index contributed by atoms with van der Waals surface area (Å²) in [5, 5.41) is 45.7. The molecule has 0 saturated carbocycles. The predicted molar refractivity (Wildman–Crippen MR) is 121 cm³/mol. The molecule has 1 aromatic carbocycles. The molecule has 0 radical (unpaired) electrons. The summed E-state index contributed by atoms with van der Waals surface area (Å²) in [6, 6.07) is -0.630. The van der Waals surface area contributed by atoms with Gasteiger partial charge in [-0.05, 0) is 32.9 Å². The van der Waals surface area contributed by atoms with E-state index < -0.39 is 86.7 Å². The van der Waals surface area contributed by atoms with E-state index in [4.69, 9.17) is 11.5 Å². The number of phenols is 1. The zero-order valence-electron chi connectivity index (χ0n) is 19.3. The zero-order chi connectivity index (χ0) is 26.9. The third-order valence-corrected chi connectivity index (χ3v) is 6.93. The fourth-order valence-electron chi connectivity index (χ4n) is 5.31. The second-order valence-corrected chi connectivity index (χ2v) is 9.47. The normalized spacial score (nSPS) is 27.6. The molecule has 0 heterocycles. The van der Waals surface area contributed by atoms with Crippen molar-refractivity contribution in [2.45, 2.75) is 24.5 Å². The van der Waals surface area contributed by atoms with Crippen LogP contribution in [0.1, 0.15) is 22.3 Å². The van der Waals surface area contributed by atoms with Crippen LogP contribution in [0.4, 0.5) is 10.1 Å². The van der Waals surface area contributed by atoms with Crippen LogP contribution in [0.5, 0.6) is 5.75 Å². The number of nitrogens with two attached hydrogens (primary N) is 2. The molecule has 2 amide bonds. The lowest BCUT2D eigenvalue weighted by atomic mass is 9.59. The van der Waals surface area contributed by atoms with Gasteiger partial charge < -0.3 is 42.1 Å². The first kappa shape index (κ1) is 25.3. The number of aliphatic hydroxyl groups is 3. The molecule has 3 aliphatic rings. The number of fused-ring (bicyclic) bond motifs is 3. The molecule has 0 fully saturated rings. The zero-order valence-corrected chi connectivity index (χ0v) is 19.3. The summed E-state index contributed by atoms with van der Waals surface area (Å²) in [6.45, 7) is -0.0978. The van der Waals surface area contributed by atoms with Gasteiger partial charge in [-0.25, -0.2) is 4.39 Å². The third-order valence-electron chi connectivity index (χ3n) is 6.93. The van der Waals surface area contributed by atoms with Crippen LogP contribution in [-0.4, -0.2) is 81.0 Å². The molecule has 1 aromatic rings. The summed E-state index contributed by atoms with van der Waals surface area (Å²) in [5.74, 6) is -10.4. The minimum absolute atomic E-state index is 0.0978. The van der Waals surface area contributed by atoms with Crippen molar-refractivity contribution in [2.75, 3.05) is 26.0 Å². The molecule has 192 valence electrons. The minimum atomic E-state index is -2.86. The number of aliphatic hydroxyl groups excluding tert-OH is 2. The van der Waals surface area contributed by atoms with Crippen LogP contribution in [0.3, 0.4) is 0 Å². The Morgan fingerprint density at radius 3 is 2.47 bits per heavy atom. The van der Waals surface area contributed by atoms with Gasteiger partial charge in [0, 0.05) is 23.1 Å². The SMILES string of the molecule is CN(C)CC(=O)Nc1cc(F)c2c(c1O)C(=O)C1=C(O)[C@]3(O)C(=O)C(C(N)=O)=C(O)[C@H](N)[C@@H]3C[C@@H]1C2. The number of hydrogen-bond acceptors (Lipinski definition) is 10. The monoisotopic (exact) mass is 504 g/mol. The molecule has 0 unspecified atom stereocenters. The number of primary amides is 1. The van der Waals surface area contributed by atoms with Crippen LogP contribution in [0, 0.1) is 17.7 Å². The molecule has 9 N–H and O–H groups in total. The van der Waals surface area contributed by atoms with Crippen LogP contribution in [0.25, 0.3) is 0 Å². The summed E-state index contributed by atoms with van der Waals surface area (Å²) >= 11 is 0. The van der Waals surface area contributed by atoms with Crippen molar-refractivity contribution in [1.82, 2.24) is 4.90 Å². The Kier molecular flexibility index (Phi) is 5.90. The standard InChI is InChI=1S/C23H25FN4O8/c1-28(2)6-12(29)27-11-5-10(24)8-3-7-4-9-16(25)19(32)15(22(26)35)21(34)23(9,36)20(33)13(7)18(31)14(8)17(11)30/h5,7,9,16,30,32-33,36H,3-4,6,25H2,1-2H3,(H2,26,35)(H,27,29)/t7-,9-,16+,23-/m0/s1. The minimum Gasteiger partial charge on any atom is -0.510 e. The maximum absolute atomic E-state index is 15.1. The van der Waals surface area contributed by atoms with Crippen LogP contribution < -0.4 is 16.8 Å². The highest BCUT2D eigenvalue weighted by Crippen LogP contribution is 2.52. The van der Waals surface area contributed by atoms with E-state index in [9.17, 15) is 39.6 Å². The lowest BCUT2D eigenvalue weighted by Crippen LogP contribution is -2.63. The molecular formula is C23H25FN4O8. The highest BCUT2D eigenvalue weighted by Gasteiger charge is 2.62. The number of ketones is 2. The number of hydrogen-bond donors (Lipinski definition) is 7. The fourth-order valence-corrected chi connectivity index (χ4v) is 5.31. The number of carbonyl (C=O) groups excluding carboxylic acids is 4. The maximum Gasteiger partial charge on any atom is 0.255 e. The lowest BCUT2D eigenvalue weighted by molar-refractivity contribution is -0.145. The number of amides is 2. The van der Waals surface area contributed by atoms with Gasteiger partial charge in [-0.15, -0.1) is 0 Å². The molecule has 12 nitrogen and oxygen atoms in total. The van der Waals surface area contributed by atoms with Crippen molar-refractivity contribution in [1.29, 1.82) is 0 Å². The summed E-state index contributed by atoms with van der Waals surface area (Å²) in [6.07, 6.45) is -0.474. The van der Waals surface area contributed by atoms with Crippen LogP contribution >= 0.6 is 0 Å². The van der Waals surface area contributed by atoms with Crippen molar-refractivity contribution in [2.24, 2.45) is 23.3 Å². The van der Waals surface area contributed by atoms with E-state index in [1.54, 1.807) is 14.1 Å². The Hall–Kier alpha value is -3.81. The molecule has 0 aromatic heterocycles. The van der Waals surface area contributed by atoms with Crippen molar-refractivity contribution < 1.29 is 44.0 Å². The molecule has 3 aliphatic carbocycles. The van der Waals surface area contributed by atoms with Gasteiger partial charge in [0.05, 0.1) is 23.8 Å². The molecule has 4 rings (SSSR count). The second-order valence-electron chi connectivity index (χ2n) is 9.47. The van der Waals surface area contributed by atoms with Gasteiger partial charge in [0.15, 0.2) is 17.1 Å². The van der Waals surface area contributed by atoms with Gasteiger partial charge in [0.25, 0.3) is 5.91 Å². The molecule has 0 saturated heterocycles. The van der Waals surface area contributed by atoms with Gasteiger partial charge >= 0.3 is 0 Å². The Morgan fingerprint density at radius 1 is 1.25 bits per heavy atom. The van der Waals surface area contributed by atoms with Crippen molar-refractivity contribution >= 4 is 29.1 Å². The summed E-state index contributed by atoms with van der Waals surface area (Å²) < 4.78 is 15.1. The summed E-state index contributed by atoms with van der Waals surface area (Å²) in [4.78, 5) is 51.9. The van der Waals surface area contributed by atoms with E-state index in [-0.39, 0.29) is 30.6 Å². The number of nitrogens with zero attached hydrogens (tertiary/aromatic N) is 1. The topological polar surface area (TPSA) is 217 Å². The lowest BCUT2D eigenvalue weighted by Gasteiger charge is -2.47. The number of phenolic OH excluding ortho intramolecular Hbond substituents is 1. The van der Waals surface area contributed by atoms with E-state index in [1.807, 2.05) is 0 Å². The Morgan fingerprint density at radius 2 is 1.89 bits per heavy atom. The predicted octanol–water partition coefficient (Wildman–Crippen LogP) is -0.843. The van der Waals surface area contributed by atoms with E-state index in [2.05, 4.69) is 5.32 Å². The molecule has 0 bridgehead atoms. The Labute approximate surface area is 203 Å². The van der Waals surface area contributed by atoms with Crippen molar-refractivity contribution in [3.63, 3.8) is 0 Å². The number of anilines is 1. The number of allylic oxidation sites excluding steroid dienone is 1. The van der Waals surface area contributed by atoms with Gasteiger partial charge in [0.2, 0.25) is 11.7 Å².